The van der Waals surface area contributed by atoms with E-state index in [9.17, 15) is 8.42 Å². The van der Waals surface area contributed by atoms with Crippen molar-refractivity contribution >= 4 is 21.6 Å². The first-order valence-corrected chi connectivity index (χ1v) is 8.07. The van der Waals surface area contributed by atoms with Gasteiger partial charge in [-0.25, -0.2) is 13.1 Å². The minimum atomic E-state index is -3.53. The standard InChI is InChI=1S/C13H15ClN2O3S/c1-9-7-11(19-15-9)8-20(17,18)16-10(2)12-5-3-4-6-13(12)14/h3-7,10,16H,8H2,1-2H3. The van der Waals surface area contributed by atoms with Crippen LogP contribution >= 0.6 is 11.6 Å². The second-order valence-corrected chi connectivity index (χ2v) is 6.72. The lowest BCUT2D eigenvalue weighted by Gasteiger charge is -2.15. The molecule has 0 amide bonds. The lowest BCUT2D eigenvalue weighted by atomic mass is 10.1. The van der Waals surface area contributed by atoms with Gasteiger partial charge in [-0.3, -0.25) is 0 Å². The van der Waals surface area contributed by atoms with Gasteiger partial charge in [0.15, 0.2) is 5.76 Å². The van der Waals surface area contributed by atoms with Crippen LogP contribution in [0, 0.1) is 6.92 Å². The summed E-state index contributed by atoms with van der Waals surface area (Å²) in [6.07, 6.45) is 0. The molecule has 7 heteroatoms. The molecule has 1 aromatic carbocycles. The molecule has 1 unspecified atom stereocenters. The summed E-state index contributed by atoms with van der Waals surface area (Å²) in [6.45, 7) is 3.48. The number of nitrogens with one attached hydrogen (secondary N) is 1. The minimum Gasteiger partial charge on any atom is -0.360 e. The highest BCUT2D eigenvalue weighted by Gasteiger charge is 2.20. The highest BCUT2D eigenvalue weighted by molar-refractivity contribution is 7.88. The van der Waals surface area contributed by atoms with Gasteiger partial charge in [-0.15, -0.1) is 0 Å². The largest absolute Gasteiger partial charge is 0.360 e. The molecule has 0 saturated heterocycles. The third kappa shape index (κ3) is 3.82. The van der Waals surface area contributed by atoms with Crippen molar-refractivity contribution in [3.05, 3.63) is 52.4 Å². The van der Waals surface area contributed by atoms with Gasteiger partial charge in [0.05, 0.1) is 5.69 Å². The highest BCUT2D eigenvalue weighted by atomic mass is 35.5. The molecule has 0 aliphatic heterocycles. The molecule has 1 aromatic heterocycles. The Labute approximate surface area is 123 Å². The van der Waals surface area contributed by atoms with Gasteiger partial charge < -0.3 is 4.52 Å². The van der Waals surface area contributed by atoms with Crippen LogP contribution in [0.15, 0.2) is 34.9 Å². The maximum atomic E-state index is 12.1. The number of hydrogen-bond donors (Lipinski definition) is 1. The van der Waals surface area contributed by atoms with Crippen LogP contribution in [0.2, 0.25) is 5.02 Å². The molecule has 108 valence electrons. The van der Waals surface area contributed by atoms with Crippen LogP contribution in [-0.4, -0.2) is 13.6 Å². The number of benzene rings is 1. The second kappa shape index (κ2) is 5.95. The van der Waals surface area contributed by atoms with Crippen molar-refractivity contribution in [2.75, 3.05) is 0 Å². The van der Waals surface area contributed by atoms with Gasteiger partial charge >= 0.3 is 0 Å². The molecule has 0 aliphatic carbocycles. The molecular weight excluding hydrogens is 300 g/mol. The summed E-state index contributed by atoms with van der Waals surface area (Å²) < 4.78 is 31.6. The maximum absolute atomic E-state index is 12.1. The first kappa shape index (κ1) is 15.0. The van der Waals surface area contributed by atoms with Crippen molar-refractivity contribution in [2.24, 2.45) is 0 Å². The van der Waals surface area contributed by atoms with E-state index in [1.165, 1.54) is 0 Å². The van der Waals surface area contributed by atoms with E-state index in [1.54, 1.807) is 38.1 Å². The number of aromatic nitrogens is 1. The molecule has 0 saturated carbocycles. The van der Waals surface area contributed by atoms with Gasteiger partial charge in [0.1, 0.15) is 5.75 Å². The summed E-state index contributed by atoms with van der Waals surface area (Å²) in [7, 11) is -3.53. The molecule has 1 heterocycles. The molecule has 1 atom stereocenters. The SMILES string of the molecule is Cc1cc(CS(=O)(=O)NC(C)c2ccccc2Cl)on1. The van der Waals surface area contributed by atoms with Crippen molar-refractivity contribution in [3.8, 4) is 0 Å². The first-order chi connectivity index (χ1) is 9.37. The highest BCUT2D eigenvalue weighted by Crippen LogP contribution is 2.23. The van der Waals surface area contributed by atoms with Crippen LogP contribution in [0.3, 0.4) is 0 Å². The quantitative estimate of drug-likeness (QED) is 0.921. The molecule has 1 N–H and O–H groups in total. The molecule has 5 nitrogen and oxygen atoms in total. The van der Waals surface area contributed by atoms with Gasteiger partial charge in [0.25, 0.3) is 0 Å². The van der Waals surface area contributed by atoms with Crippen LogP contribution < -0.4 is 4.72 Å². The number of sulfonamides is 1. The zero-order chi connectivity index (χ0) is 14.8. The fraction of sp³-hybridized carbons (Fsp3) is 0.308. The molecule has 2 rings (SSSR count). The second-order valence-electron chi connectivity index (χ2n) is 4.55. The molecule has 0 bridgehead atoms. The molecule has 2 aromatic rings. The average Bonchev–Trinajstić information content (AvgIpc) is 2.73. The number of nitrogens with zero attached hydrogens (tertiary/aromatic N) is 1. The molecule has 0 spiro atoms. The Kier molecular flexibility index (Phi) is 4.47. The molecule has 0 fully saturated rings. The third-order valence-corrected chi connectivity index (χ3v) is 4.46. The molecular formula is C13H15ClN2O3S. The monoisotopic (exact) mass is 314 g/mol. The lowest BCUT2D eigenvalue weighted by molar-refractivity contribution is 0.388. The normalized spacial score (nSPS) is 13.3. The van der Waals surface area contributed by atoms with Gasteiger partial charge in [0, 0.05) is 17.1 Å². The molecule has 20 heavy (non-hydrogen) atoms. The van der Waals surface area contributed by atoms with Crippen LogP contribution in [0.25, 0.3) is 0 Å². The van der Waals surface area contributed by atoms with Gasteiger partial charge in [-0.1, -0.05) is 35.0 Å². The van der Waals surface area contributed by atoms with E-state index in [0.717, 1.165) is 5.56 Å². The maximum Gasteiger partial charge on any atom is 0.219 e. The predicted octanol–water partition coefficient (Wildman–Crippen LogP) is 2.82. The summed E-state index contributed by atoms with van der Waals surface area (Å²) in [5.74, 6) is 0.0594. The Bertz CT molecular complexity index is 697. The van der Waals surface area contributed by atoms with Crippen LogP contribution in [0.1, 0.15) is 30.0 Å². The zero-order valence-corrected chi connectivity index (χ0v) is 12.7. The Morgan fingerprint density at radius 1 is 1.40 bits per heavy atom. The van der Waals surface area contributed by atoms with Crippen LogP contribution in [0.5, 0.6) is 0 Å². The number of rotatable bonds is 5. The van der Waals surface area contributed by atoms with Crippen molar-refractivity contribution in [1.82, 2.24) is 9.88 Å². The summed E-state index contributed by atoms with van der Waals surface area (Å²) in [4.78, 5) is 0. The van der Waals surface area contributed by atoms with Gasteiger partial charge in [0.2, 0.25) is 10.0 Å². The fourth-order valence-electron chi connectivity index (χ4n) is 1.87. The van der Waals surface area contributed by atoms with E-state index in [0.29, 0.717) is 16.5 Å². The van der Waals surface area contributed by atoms with Crippen molar-refractivity contribution < 1.29 is 12.9 Å². The Balaban J connectivity index is 2.10. The zero-order valence-electron chi connectivity index (χ0n) is 11.1. The number of aryl methyl sites for hydroxylation is 1. The predicted molar refractivity (Wildman–Crippen MR) is 76.9 cm³/mol. The third-order valence-electron chi connectivity index (χ3n) is 2.74. The van der Waals surface area contributed by atoms with E-state index in [-0.39, 0.29) is 5.75 Å². The summed E-state index contributed by atoms with van der Waals surface area (Å²) in [5.41, 5.74) is 1.38. The Morgan fingerprint density at radius 3 is 2.70 bits per heavy atom. The van der Waals surface area contributed by atoms with Crippen molar-refractivity contribution in [3.63, 3.8) is 0 Å². The first-order valence-electron chi connectivity index (χ1n) is 6.04. The smallest absolute Gasteiger partial charge is 0.219 e. The topological polar surface area (TPSA) is 72.2 Å². The van der Waals surface area contributed by atoms with E-state index in [2.05, 4.69) is 9.88 Å². The van der Waals surface area contributed by atoms with Crippen LogP contribution in [0.4, 0.5) is 0 Å². The van der Waals surface area contributed by atoms with E-state index in [4.69, 9.17) is 16.1 Å². The summed E-state index contributed by atoms with van der Waals surface area (Å²) in [5, 5.41) is 4.19. The summed E-state index contributed by atoms with van der Waals surface area (Å²) in [6, 6.07) is 8.29. The Morgan fingerprint density at radius 2 is 2.10 bits per heavy atom. The van der Waals surface area contributed by atoms with E-state index >= 15 is 0 Å². The van der Waals surface area contributed by atoms with Crippen molar-refractivity contribution in [2.45, 2.75) is 25.6 Å². The van der Waals surface area contributed by atoms with Crippen molar-refractivity contribution in [1.29, 1.82) is 0 Å². The number of halogens is 1. The summed E-state index contributed by atoms with van der Waals surface area (Å²) >= 11 is 6.05. The van der Waals surface area contributed by atoms with Gasteiger partial charge in [-0.2, -0.15) is 0 Å². The molecule has 0 aliphatic rings. The average molecular weight is 315 g/mol. The lowest BCUT2D eigenvalue weighted by Crippen LogP contribution is -2.28. The van der Waals surface area contributed by atoms with E-state index < -0.39 is 16.1 Å². The Hall–Kier alpha value is -1.37. The number of hydrogen-bond acceptors (Lipinski definition) is 4. The van der Waals surface area contributed by atoms with Gasteiger partial charge in [-0.05, 0) is 25.5 Å². The molecule has 0 radical (unpaired) electrons. The van der Waals surface area contributed by atoms with Crippen LogP contribution in [-0.2, 0) is 15.8 Å². The fourth-order valence-corrected chi connectivity index (χ4v) is 3.43. The minimum absolute atomic E-state index is 0.247. The van der Waals surface area contributed by atoms with E-state index in [1.807, 2.05) is 6.07 Å².